The van der Waals surface area contributed by atoms with Crippen molar-refractivity contribution < 1.29 is 4.42 Å². The first kappa shape index (κ1) is 14.5. The molecule has 2 fully saturated rings. The van der Waals surface area contributed by atoms with E-state index in [1.165, 1.54) is 43.7 Å². The number of nitrogens with one attached hydrogen (secondary N) is 1. The molecule has 1 aromatic heterocycles. The Bertz CT molecular complexity index is 439. The van der Waals surface area contributed by atoms with E-state index in [0.29, 0.717) is 4.75 Å². The van der Waals surface area contributed by atoms with E-state index in [9.17, 15) is 0 Å². The van der Waals surface area contributed by atoms with Gasteiger partial charge in [0, 0.05) is 35.2 Å². The van der Waals surface area contributed by atoms with Gasteiger partial charge in [0.15, 0.2) is 0 Å². The Balaban J connectivity index is 1.55. The topological polar surface area (TPSA) is 28.4 Å². The Morgan fingerprint density at radius 1 is 1.40 bits per heavy atom. The van der Waals surface area contributed by atoms with Crippen molar-refractivity contribution in [1.82, 2.24) is 10.2 Å². The van der Waals surface area contributed by atoms with Gasteiger partial charge >= 0.3 is 0 Å². The number of hydrogen-bond donors (Lipinski definition) is 1. The molecule has 0 bridgehead atoms. The summed E-state index contributed by atoms with van der Waals surface area (Å²) < 4.78 is 6.15. The van der Waals surface area contributed by atoms with Crippen LogP contribution in [0.25, 0.3) is 0 Å². The van der Waals surface area contributed by atoms with Crippen molar-refractivity contribution >= 4 is 11.8 Å². The molecular formula is C16H26N2OS. The zero-order valence-electron chi connectivity index (χ0n) is 12.7. The quantitative estimate of drug-likeness (QED) is 0.902. The number of hydrogen-bond acceptors (Lipinski definition) is 4. The fourth-order valence-electron chi connectivity index (χ4n) is 2.63. The van der Waals surface area contributed by atoms with Gasteiger partial charge in [0.05, 0.1) is 12.8 Å². The molecule has 3 rings (SSSR count). The van der Waals surface area contributed by atoms with Crippen molar-refractivity contribution in [2.75, 3.05) is 18.8 Å². The van der Waals surface area contributed by atoms with Crippen molar-refractivity contribution in [3.05, 3.63) is 23.7 Å². The molecule has 0 amide bonds. The third kappa shape index (κ3) is 4.03. The summed E-state index contributed by atoms with van der Waals surface area (Å²) in [5.41, 5.74) is 1.34. The maximum absolute atomic E-state index is 5.72. The normalized spacial score (nSPS) is 23.7. The van der Waals surface area contributed by atoms with Crippen molar-refractivity contribution in [2.24, 2.45) is 0 Å². The van der Waals surface area contributed by atoms with Gasteiger partial charge in [-0.3, -0.25) is 4.90 Å². The molecule has 1 N–H and O–H groups in total. The molecule has 1 aliphatic carbocycles. The van der Waals surface area contributed by atoms with Gasteiger partial charge in [-0.05, 0) is 31.9 Å². The van der Waals surface area contributed by atoms with Crippen LogP contribution in [0, 0.1) is 0 Å². The lowest BCUT2D eigenvalue weighted by atomic mass is 10.1. The molecule has 112 valence electrons. The molecule has 0 spiro atoms. The van der Waals surface area contributed by atoms with E-state index in [2.05, 4.69) is 41.9 Å². The molecule has 0 radical (unpaired) electrons. The average molecular weight is 294 g/mol. The second-order valence-corrected chi connectivity index (χ2v) is 8.46. The van der Waals surface area contributed by atoms with E-state index in [0.717, 1.165) is 24.9 Å². The molecule has 1 saturated carbocycles. The molecule has 1 aromatic rings. The molecule has 1 aliphatic heterocycles. The van der Waals surface area contributed by atoms with Crippen LogP contribution < -0.4 is 5.32 Å². The Labute approximate surface area is 126 Å². The van der Waals surface area contributed by atoms with Crippen LogP contribution in [0.4, 0.5) is 0 Å². The molecule has 3 nitrogen and oxygen atoms in total. The Morgan fingerprint density at radius 3 is 3.05 bits per heavy atom. The monoisotopic (exact) mass is 294 g/mol. The van der Waals surface area contributed by atoms with Crippen LogP contribution in [-0.4, -0.2) is 34.5 Å². The van der Waals surface area contributed by atoms with E-state index in [-0.39, 0.29) is 0 Å². The summed E-state index contributed by atoms with van der Waals surface area (Å²) in [7, 11) is 0. The van der Waals surface area contributed by atoms with Crippen LogP contribution in [-0.2, 0) is 13.1 Å². The largest absolute Gasteiger partial charge is 0.468 e. The molecule has 4 heteroatoms. The summed E-state index contributed by atoms with van der Waals surface area (Å²) in [5.74, 6) is 2.38. The lowest BCUT2D eigenvalue weighted by molar-refractivity contribution is 0.252. The fourth-order valence-corrected chi connectivity index (χ4v) is 3.77. The van der Waals surface area contributed by atoms with Gasteiger partial charge in [-0.15, -0.1) is 0 Å². The highest BCUT2D eigenvalue weighted by molar-refractivity contribution is 8.00. The first-order chi connectivity index (χ1) is 9.62. The van der Waals surface area contributed by atoms with Gasteiger partial charge in [0.25, 0.3) is 0 Å². The minimum atomic E-state index is 0.425. The Morgan fingerprint density at radius 2 is 2.25 bits per heavy atom. The van der Waals surface area contributed by atoms with Gasteiger partial charge in [0.1, 0.15) is 5.76 Å². The van der Waals surface area contributed by atoms with Crippen LogP contribution in [0.5, 0.6) is 0 Å². The lowest BCUT2D eigenvalue weighted by Gasteiger charge is -2.22. The average Bonchev–Trinajstić information content (AvgIpc) is 3.15. The summed E-state index contributed by atoms with van der Waals surface area (Å²) in [4.78, 5) is 2.54. The minimum Gasteiger partial charge on any atom is -0.468 e. The molecule has 2 heterocycles. The van der Waals surface area contributed by atoms with E-state index >= 15 is 0 Å². The fraction of sp³-hybridized carbons (Fsp3) is 0.750. The number of furan rings is 1. The molecule has 0 atom stereocenters. The Kier molecular flexibility index (Phi) is 4.43. The highest BCUT2D eigenvalue weighted by atomic mass is 32.2. The summed E-state index contributed by atoms with van der Waals surface area (Å²) in [6.07, 6.45) is 5.78. The lowest BCUT2D eigenvalue weighted by Crippen LogP contribution is -2.27. The highest BCUT2D eigenvalue weighted by Gasteiger charge is 2.25. The van der Waals surface area contributed by atoms with Crippen LogP contribution in [0.1, 0.15) is 44.4 Å². The maximum Gasteiger partial charge on any atom is 0.122 e. The van der Waals surface area contributed by atoms with E-state index in [1.54, 1.807) is 0 Å². The molecule has 1 saturated heterocycles. The van der Waals surface area contributed by atoms with Crippen molar-refractivity contribution in [1.29, 1.82) is 0 Å². The smallest absolute Gasteiger partial charge is 0.122 e. The van der Waals surface area contributed by atoms with Gasteiger partial charge in [-0.25, -0.2) is 0 Å². The second kappa shape index (κ2) is 6.12. The zero-order chi connectivity index (χ0) is 14.0. The molecule has 0 aromatic carbocycles. The standard InChI is InChI=1S/C16H26N2OS/c1-16(2)6-7-18(8-10-20-16)12-15-13(5-9-19-15)11-17-14-3-4-14/h5,9,14,17H,3-4,6-8,10-12H2,1-2H3. The van der Waals surface area contributed by atoms with Gasteiger partial charge in [0.2, 0.25) is 0 Å². The number of nitrogens with zero attached hydrogens (tertiary/aromatic N) is 1. The SMILES string of the molecule is CC1(C)CCN(Cc2occc2CNC2CC2)CCS1. The summed E-state index contributed by atoms with van der Waals surface area (Å²) in [6.45, 7) is 8.99. The molecular weight excluding hydrogens is 268 g/mol. The predicted molar refractivity (Wildman–Crippen MR) is 85.0 cm³/mol. The molecule has 0 unspecified atom stereocenters. The zero-order valence-corrected chi connectivity index (χ0v) is 13.5. The molecule has 20 heavy (non-hydrogen) atoms. The Hall–Kier alpha value is -0.450. The predicted octanol–water partition coefficient (Wildman–Crippen LogP) is 3.25. The number of thioether (sulfide) groups is 1. The van der Waals surface area contributed by atoms with Crippen molar-refractivity contribution in [3.63, 3.8) is 0 Å². The van der Waals surface area contributed by atoms with Gasteiger partial charge in [-0.1, -0.05) is 13.8 Å². The van der Waals surface area contributed by atoms with Crippen LogP contribution in [0.2, 0.25) is 0 Å². The number of rotatable bonds is 5. The third-order valence-corrected chi connectivity index (χ3v) is 5.67. The van der Waals surface area contributed by atoms with Gasteiger partial charge < -0.3 is 9.73 Å². The van der Waals surface area contributed by atoms with Crippen LogP contribution in [0.3, 0.4) is 0 Å². The first-order valence-electron chi connectivity index (χ1n) is 7.77. The minimum absolute atomic E-state index is 0.425. The van der Waals surface area contributed by atoms with E-state index < -0.39 is 0 Å². The van der Waals surface area contributed by atoms with Crippen molar-refractivity contribution in [2.45, 2.75) is 57.0 Å². The van der Waals surface area contributed by atoms with E-state index in [1.807, 2.05) is 6.26 Å². The molecule has 2 aliphatic rings. The van der Waals surface area contributed by atoms with Crippen LogP contribution in [0.15, 0.2) is 16.7 Å². The summed E-state index contributed by atoms with van der Waals surface area (Å²) >= 11 is 2.10. The van der Waals surface area contributed by atoms with E-state index in [4.69, 9.17) is 4.42 Å². The maximum atomic E-state index is 5.72. The van der Waals surface area contributed by atoms with Crippen molar-refractivity contribution in [3.8, 4) is 0 Å². The summed E-state index contributed by atoms with van der Waals surface area (Å²) in [5, 5.41) is 3.58. The third-order valence-electron chi connectivity index (χ3n) is 4.29. The first-order valence-corrected chi connectivity index (χ1v) is 8.76. The highest BCUT2D eigenvalue weighted by Crippen LogP contribution is 2.31. The van der Waals surface area contributed by atoms with Gasteiger partial charge in [-0.2, -0.15) is 11.8 Å². The second-order valence-electron chi connectivity index (χ2n) is 6.66. The van der Waals surface area contributed by atoms with Crippen LogP contribution >= 0.6 is 11.8 Å². The summed E-state index contributed by atoms with van der Waals surface area (Å²) in [6, 6.07) is 2.88.